The van der Waals surface area contributed by atoms with Gasteiger partial charge in [-0.1, -0.05) is 11.6 Å². The monoisotopic (exact) mass is 345 g/mol. The number of nitrogens with one attached hydrogen (secondary N) is 1. The smallest absolute Gasteiger partial charge is 0.255 e. The molecule has 1 aromatic heterocycles. The van der Waals surface area contributed by atoms with Crippen molar-refractivity contribution in [1.29, 1.82) is 0 Å². The van der Waals surface area contributed by atoms with Gasteiger partial charge in [0.2, 0.25) is 0 Å². The summed E-state index contributed by atoms with van der Waals surface area (Å²) >= 11 is 10.6. The standard InChI is InChI=1S/C12H9BrClNO2S/c13-11-4-2-8(18-11)6-15-12(17)9-3-1-7(14)5-10(9)16/h1-5,16H,6H2,(H,15,17). The summed E-state index contributed by atoms with van der Waals surface area (Å²) in [6, 6.07) is 8.26. The van der Waals surface area contributed by atoms with Crippen LogP contribution in [-0.4, -0.2) is 11.0 Å². The third kappa shape index (κ3) is 3.25. The zero-order chi connectivity index (χ0) is 13.1. The van der Waals surface area contributed by atoms with Gasteiger partial charge in [0.1, 0.15) is 5.75 Å². The van der Waals surface area contributed by atoms with Crippen molar-refractivity contribution >= 4 is 44.8 Å². The highest BCUT2D eigenvalue weighted by molar-refractivity contribution is 9.11. The second-order valence-corrected chi connectivity index (χ2v) is 6.53. The van der Waals surface area contributed by atoms with E-state index in [1.54, 1.807) is 17.4 Å². The van der Waals surface area contributed by atoms with Gasteiger partial charge in [-0.15, -0.1) is 11.3 Å². The lowest BCUT2D eigenvalue weighted by Gasteiger charge is -2.05. The predicted octanol–water partition coefficient (Wildman–Crippen LogP) is 3.80. The molecule has 0 spiro atoms. The Morgan fingerprint density at radius 2 is 2.17 bits per heavy atom. The summed E-state index contributed by atoms with van der Waals surface area (Å²) in [5.41, 5.74) is 0.218. The number of hydrogen-bond acceptors (Lipinski definition) is 3. The van der Waals surface area contributed by atoms with Crippen molar-refractivity contribution in [2.24, 2.45) is 0 Å². The SMILES string of the molecule is O=C(NCc1ccc(Br)s1)c1ccc(Cl)cc1O. The van der Waals surface area contributed by atoms with Crippen molar-refractivity contribution in [3.05, 3.63) is 49.6 Å². The van der Waals surface area contributed by atoms with Gasteiger partial charge in [0, 0.05) is 9.90 Å². The molecule has 3 nitrogen and oxygen atoms in total. The van der Waals surface area contributed by atoms with Gasteiger partial charge in [-0.2, -0.15) is 0 Å². The van der Waals surface area contributed by atoms with Crippen LogP contribution in [-0.2, 0) is 6.54 Å². The number of rotatable bonds is 3. The molecule has 0 fully saturated rings. The van der Waals surface area contributed by atoms with Gasteiger partial charge in [-0.25, -0.2) is 0 Å². The van der Waals surface area contributed by atoms with E-state index in [2.05, 4.69) is 21.2 Å². The van der Waals surface area contributed by atoms with E-state index in [0.717, 1.165) is 8.66 Å². The molecular weight excluding hydrogens is 338 g/mol. The fourth-order valence-electron chi connectivity index (χ4n) is 1.41. The lowest BCUT2D eigenvalue weighted by Crippen LogP contribution is -2.22. The second-order valence-electron chi connectivity index (χ2n) is 3.55. The van der Waals surface area contributed by atoms with E-state index >= 15 is 0 Å². The molecular formula is C12H9BrClNO2S. The summed E-state index contributed by atoms with van der Waals surface area (Å²) in [5.74, 6) is -0.443. The van der Waals surface area contributed by atoms with E-state index in [1.807, 2.05) is 12.1 Å². The highest BCUT2D eigenvalue weighted by atomic mass is 79.9. The molecule has 1 aromatic carbocycles. The van der Waals surface area contributed by atoms with Crippen LogP contribution in [0.3, 0.4) is 0 Å². The van der Waals surface area contributed by atoms with Crippen LogP contribution < -0.4 is 5.32 Å². The van der Waals surface area contributed by atoms with Crippen LogP contribution in [0.5, 0.6) is 5.75 Å². The maximum atomic E-state index is 11.8. The molecule has 2 aromatic rings. The summed E-state index contributed by atoms with van der Waals surface area (Å²) in [7, 11) is 0. The first kappa shape index (κ1) is 13.4. The van der Waals surface area contributed by atoms with Crippen molar-refractivity contribution in [3.63, 3.8) is 0 Å². The molecule has 1 heterocycles. The van der Waals surface area contributed by atoms with Crippen LogP contribution in [0.2, 0.25) is 5.02 Å². The van der Waals surface area contributed by atoms with Gasteiger partial charge < -0.3 is 10.4 Å². The molecule has 0 aliphatic heterocycles. The number of phenolic OH excluding ortho intramolecular Hbond substituents is 1. The van der Waals surface area contributed by atoms with Crippen LogP contribution in [0.4, 0.5) is 0 Å². The van der Waals surface area contributed by atoms with Gasteiger partial charge >= 0.3 is 0 Å². The molecule has 0 unspecified atom stereocenters. The Hall–Kier alpha value is -1.04. The fourth-order valence-corrected chi connectivity index (χ4v) is 3.00. The average molecular weight is 347 g/mol. The lowest BCUT2D eigenvalue weighted by atomic mass is 10.2. The molecule has 0 aliphatic carbocycles. The first-order valence-corrected chi connectivity index (χ1v) is 7.06. The van der Waals surface area contributed by atoms with Crippen LogP contribution >= 0.6 is 38.9 Å². The number of hydrogen-bond donors (Lipinski definition) is 2. The third-order valence-electron chi connectivity index (χ3n) is 2.26. The van der Waals surface area contributed by atoms with E-state index in [0.29, 0.717) is 11.6 Å². The van der Waals surface area contributed by atoms with Gasteiger partial charge in [0.25, 0.3) is 5.91 Å². The first-order chi connectivity index (χ1) is 8.56. The molecule has 0 aliphatic rings. The fraction of sp³-hybridized carbons (Fsp3) is 0.0833. The van der Waals surface area contributed by atoms with E-state index in [-0.39, 0.29) is 17.2 Å². The normalized spacial score (nSPS) is 10.3. The topological polar surface area (TPSA) is 49.3 Å². The largest absolute Gasteiger partial charge is 0.507 e. The van der Waals surface area contributed by atoms with E-state index in [4.69, 9.17) is 11.6 Å². The molecule has 0 saturated carbocycles. The van der Waals surface area contributed by atoms with Crippen molar-refractivity contribution in [3.8, 4) is 5.75 Å². The minimum atomic E-state index is -0.325. The molecule has 6 heteroatoms. The average Bonchev–Trinajstić information content (AvgIpc) is 2.72. The summed E-state index contributed by atoms with van der Waals surface area (Å²) in [6.07, 6.45) is 0. The molecule has 0 radical (unpaired) electrons. The van der Waals surface area contributed by atoms with E-state index < -0.39 is 0 Å². The number of carbonyl (C=O) groups excluding carboxylic acids is 1. The number of halogens is 2. The van der Waals surface area contributed by atoms with Crippen molar-refractivity contribution in [1.82, 2.24) is 5.32 Å². The Bertz CT molecular complexity index is 585. The number of thiophene rings is 1. The number of aromatic hydroxyl groups is 1. The maximum Gasteiger partial charge on any atom is 0.255 e. The summed E-state index contributed by atoms with van der Waals surface area (Å²) in [6.45, 7) is 0.428. The van der Waals surface area contributed by atoms with Gasteiger partial charge in [0.15, 0.2) is 0 Å². The zero-order valence-electron chi connectivity index (χ0n) is 9.11. The Labute approximate surface area is 122 Å². The van der Waals surface area contributed by atoms with Crippen molar-refractivity contribution in [2.45, 2.75) is 6.54 Å². The Kier molecular flexibility index (Phi) is 4.27. The summed E-state index contributed by atoms with van der Waals surface area (Å²) in [5, 5.41) is 12.7. The molecule has 94 valence electrons. The maximum absolute atomic E-state index is 11.8. The number of amides is 1. The Morgan fingerprint density at radius 1 is 1.39 bits per heavy atom. The molecule has 0 saturated heterocycles. The van der Waals surface area contributed by atoms with Gasteiger partial charge in [-0.3, -0.25) is 4.79 Å². The lowest BCUT2D eigenvalue weighted by molar-refractivity contribution is 0.0948. The van der Waals surface area contributed by atoms with Crippen LogP contribution in [0.15, 0.2) is 34.1 Å². The van der Waals surface area contributed by atoms with Gasteiger partial charge in [-0.05, 0) is 46.3 Å². The first-order valence-electron chi connectivity index (χ1n) is 5.07. The minimum absolute atomic E-state index is 0.118. The summed E-state index contributed by atoms with van der Waals surface area (Å²) in [4.78, 5) is 12.9. The Morgan fingerprint density at radius 3 is 2.78 bits per heavy atom. The van der Waals surface area contributed by atoms with Crippen LogP contribution in [0.25, 0.3) is 0 Å². The number of benzene rings is 1. The number of carbonyl (C=O) groups is 1. The minimum Gasteiger partial charge on any atom is -0.507 e. The highest BCUT2D eigenvalue weighted by Gasteiger charge is 2.11. The van der Waals surface area contributed by atoms with Gasteiger partial charge in [0.05, 0.1) is 15.9 Å². The quantitative estimate of drug-likeness (QED) is 0.888. The molecule has 2 N–H and O–H groups in total. The van der Waals surface area contributed by atoms with E-state index in [1.165, 1.54) is 12.1 Å². The molecule has 2 rings (SSSR count). The third-order valence-corrected chi connectivity index (χ3v) is 4.12. The second kappa shape index (κ2) is 5.73. The zero-order valence-corrected chi connectivity index (χ0v) is 12.3. The molecule has 18 heavy (non-hydrogen) atoms. The van der Waals surface area contributed by atoms with Crippen LogP contribution in [0, 0.1) is 0 Å². The number of phenols is 1. The molecule has 0 bridgehead atoms. The van der Waals surface area contributed by atoms with E-state index in [9.17, 15) is 9.90 Å². The van der Waals surface area contributed by atoms with Crippen LogP contribution in [0.1, 0.15) is 15.2 Å². The molecule has 1 amide bonds. The summed E-state index contributed by atoms with van der Waals surface area (Å²) < 4.78 is 1.01. The Balaban J connectivity index is 2.03. The highest BCUT2D eigenvalue weighted by Crippen LogP contribution is 2.23. The van der Waals surface area contributed by atoms with Crippen molar-refractivity contribution < 1.29 is 9.90 Å². The van der Waals surface area contributed by atoms with Crippen molar-refractivity contribution in [2.75, 3.05) is 0 Å². The molecule has 0 atom stereocenters. The predicted molar refractivity (Wildman–Crippen MR) is 76.3 cm³/mol.